The Balaban J connectivity index is 1.11. The number of hydrogen-bond donors (Lipinski definition) is 0. The van der Waals surface area contributed by atoms with Gasteiger partial charge in [0.2, 0.25) is 0 Å². The third-order valence-electron chi connectivity index (χ3n) is 13.5. The zero-order valence-corrected chi connectivity index (χ0v) is 35.4. The quantitative estimate of drug-likeness (QED) is 0.173. The second-order valence-corrected chi connectivity index (χ2v) is 17.1. The molecular formula is C62H39N3. The molecule has 11 aromatic rings. The van der Waals surface area contributed by atoms with Crippen LogP contribution >= 0.6 is 0 Å². The molecule has 0 amide bonds. The van der Waals surface area contributed by atoms with Crippen molar-refractivity contribution in [1.82, 2.24) is 15.0 Å². The third kappa shape index (κ3) is 5.79. The minimum Gasteiger partial charge on any atom is -0.208 e. The highest BCUT2D eigenvalue weighted by Crippen LogP contribution is 2.62. The summed E-state index contributed by atoms with van der Waals surface area (Å²) in [6.07, 6.45) is 0. The number of aromatic nitrogens is 3. The second-order valence-electron chi connectivity index (χ2n) is 17.1. The molecule has 0 fully saturated rings. The van der Waals surface area contributed by atoms with E-state index in [-0.39, 0.29) is 0 Å². The highest BCUT2D eigenvalue weighted by atomic mass is 15.0. The SMILES string of the molecule is c1ccc(-c2cc(-c3ccccc3)cc(-c3nc(-c4ccccc4)nc(-c4ccc5c(c4)C4(c6ccccc6-c6ccccc6-5)c5ccccc5-c5c4ccc4ccccc54)n3)c2)cc1. The van der Waals surface area contributed by atoms with Crippen LogP contribution in [0.4, 0.5) is 0 Å². The maximum Gasteiger partial charge on any atom is 0.164 e. The topological polar surface area (TPSA) is 38.7 Å². The molecule has 1 unspecified atom stereocenters. The number of hydrogen-bond acceptors (Lipinski definition) is 3. The Bertz CT molecular complexity index is 3600. The zero-order valence-electron chi connectivity index (χ0n) is 35.4. The van der Waals surface area contributed by atoms with Crippen LogP contribution in [0.25, 0.3) is 101 Å². The molecule has 2 aliphatic carbocycles. The van der Waals surface area contributed by atoms with Crippen LogP contribution in [0.2, 0.25) is 0 Å². The van der Waals surface area contributed by atoms with E-state index in [1.807, 2.05) is 18.2 Å². The summed E-state index contributed by atoms with van der Waals surface area (Å²) in [5.41, 5.74) is 19.0. The summed E-state index contributed by atoms with van der Waals surface area (Å²) < 4.78 is 0. The smallest absolute Gasteiger partial charge is 0.164 e. The molecule has 65 heavy (non-hydrogen) atoms. The van der Waals surface area contributed by atoms with Crippen molar-refractivity contribution in [2.75, 3.05) is 0 Å². The molecule has 1 atom stereocenters. The molecule has 3 heteroatoms. The van der Waals surface area contributed by atoms with Crippen LogP contribution in [0, 0.1) is 0 Å². The van der Waals surface area contributed by atoms with Crippen molar-refractivity contribution >= 4 is 10.8 Å². The van der Waals surface area contributed by atoms with Crippen LogP contribution in [0.15, 0.2) is 237 Å². The Morgan fingerprint density at radius 3 is 1.35 bits per heavy atom. The maximum atomic E-state index is 5.45. The standard InChI is InChI=1S/C62H39N3/c1-4-18-40(19-5-1)45-36-46(41-20-6-2-7-21-41)38-47(37-45)61-64-59(43-23-8-3-9-24-43)63-60(65-61)44-32-34-52-50-27-13-12-26-49(50)51-28-14-16-30-54(51)62(57(52)39-44)55-31-17-15-29-53(55)58-48-25-11-10-22-42(48)33-35-56(58)62/h1-39H. The summed E-state index contributed by atoms with van der Waals surface area (Å²) in [5.74, 6) is 1.86. The summed E-state index contributed by atoms with van der Waals surface area (Å²) >= 11 is 0. The molecule has 302 valence electrons. The Morgan fingerprint density at radius 1 is 0.246 bits per heavy atom. The summed E-state index contributed by atoms with van der Waals surface area (Å²) in [5, 5.41) is 2.49. The lowest BCUT2D eigenvalue weighted by Crippen LogP contribution is -2.29. The molecule has 2 aliphatic rings. The van der Waals surface area contributed by atoms with Crippen LogP contribution in [-0.4, -0.2) is 15.0 Å². The predicted octanol–water partition coefficient (Wildman–Crippen LogP) is 15.4. The number of benzene rings is 10. The molecule has 0 saturated carbocycles. The Hall–Kier alpha value is -8.53. The van der Waals surface area contributed by atoms with E-state index in [0.29, 0.717) is 17.5 Å². The lowest BCUT2D eigenvalue weighted by atomic mass is 9.65. The second kappa shape index (κ2) is 14.8. The summed E-state index contributed by atoms with van der Waals surface area (Å²) in [6.45, 7) is 0. The zero-order chi connectivity index (χ0) is 42.9. The van der Waals surface area contributed by atoms with Gasteiger partial charge in [-0.3, -0.25) is 0 Å². The molecule has 13 rings (SSSR count). The molecule has 0 aliphatic heterocycles. The molecular weight excluding hydrogens is 787 g/mol. The van der Waals surface area contributed by atoms with Gasteiger partial charge in [-0.25, -0.2) is 15.0 Å². The first-order valence-corrected chi connectivity index (χ1v) is 22.3. The van der Waals surface area contributed by atoms with Gasteiger partial charge < -0.3 is 0 Å². The summed E-state index contributed by atoms with van der Waals surface area (Å²) in [6, 6.07) is 85.5. The first-order valence-electron chi connectivity index (χ1n) is 22.3. The average Bonchev–Trinajstić information content (AvgIpc) is 3.64. The van der Waals surface area contributed by atoms with Crippen molar-refractivity contribution in [1.29, 1.82) is 0 Å². The largest absolute Gasteiger partial charge is 0.208 e. The minimum atomic E-state index is -0.663. The van der Waals surface area contributed by atoms with Gasteiger partial charge in [0.1, 0.15) is 0 Å². The van der Waals surface area contributed by atoms with Gasteiger partial charge in [-0.15, -0.1) is 0 Å². The average molecular weight is 826 g/mol. The van der Waals surface area contributed by atoms with Crippen molar-refractivity contribution in [2.45, 2.75) is 5.41 Å². The molecule has 3 nitrogen and oxygen atoms in total. The van der Waals surface area contributed by atoms with Gasteiger partial charge in [-0.05, 0) is 113 Å². The Morgan fingerprint density at radius 2 is 0.708 bits per heavy atom. The molecule has 0 radical (unpaired) electrons. The fourth-order valence-electron chi connectivity index (χ4n) is 10.7. The lowest BCUT2D eigenvalue weighted by molar-refractivity contribution is 0.776. The number of rotatable bonds is 5. The van der Waals surface area contributed by atoms with Crippen LogP contribution in [0.1, 0.15) is 22.3 Å². The van der Waals surface area contributed by atoms with E-state index < -0.39 is 5.41 Å². The maximum absolute atomic E-state index is 5.45. The molecule has 1 heterocycles. The van der Waals surface area contributed by atoms with Gasteiger partial charge in [0.05, 0.1) is 5.41 Å². The molecule has 1 spiro atoms. The van der Waals surface area contributed by atoms with Crippen molar-refractivity contribution in [3.05, 3.63) is 259 Å². The normalized spacial score (nSPS) is 14.2. The van der Waals surface area contributed by atoms with Crippen LogP contribution in [0.3, 0.4) is 0 Å². The summed E-state index contributed by atoms with van der Waals surface area (Å²) in [4.78, 5) is 16.1. The van der Waals surface area contributed by atoms with Gasteiger partial charge in [-0.1, -0.05) is 212 Å². The number of fused-ring (bicyclic) bond motifs is 14. The lowest BCUT2D eigenvalue weighted by Gasteiger charge is -2.35. The summed E-state index contributed by atoms with van der Waals surface area (Å²) in [7, 11) is 0. The first-order chi connectivity index (χ1) is 32.2. The van der Waals surface area contributed by atoms with E-state index in [4.69, 9.17) is 15.0 Å². The highest BCUT2D eigenvalue weighted by molar-refractivity contribution is 6.06. The highest BCUT2D eigenvalue weighted by Gasteiger charge is 2.50. The first kappa shape index (κ1) is 37.1. The fraction of sp³-hybridized carbons (Fsp3) is 0.0161. The van der Waals surface area contributed by atoms with Gasteiger partial charge in [0.15, 0.2) is 17.5 Å². The minimum absolute atomic E-state index is 0.618. The Kier molecular flexibility index (Phi) is 8.44. The van der Waals surface area contributed by atoms with E-state index in [9.17, 15) is 0 Å². The van der Waals surface area contributed by atoms with Crippen molar-refractivity contribution in [3.63, 3.8) is 0 Å². The Labute approximate surface area is 378 Å². The third-order valence-corrected chi connectivity index (χ3v) is 13.5. The van der Waals surface area contributed by atoms with Crippen LogP contribution < -0.4 is 0 Å². The predicted molar refractivity (Wildman–Crippen MR) is 266 cm³/mol. The van der Waals surface area contributed by atoms with Crippen LogP contribution in [0.5, 0.6) is 0 Å². The van der Waals surface area contributed by atoms with E-state index in [1.165, 1.54) is 66.4 Å². The van der Waals surface area contributed by atoms with Gasteiger partial charge in [0, 0.05) is 16.7 Å². The van der Waals surface area contributed by atoms with E-state index in [1.54, 1.807) is 0 Å². The molecule has 1 aromatic heterocycles. The van der Waals surface area contributed by atoms with Crippen LogP contribution in [-0.2, 0) is 5.41 Å². The van der Waals surface area contributed by atoms with Gasteiger partial charge in [-0.2, -0.15) is 0 Å². The number of nitrogens with zero attached hydrogens (tertiary/aromatic N) is 3. The van der Waals surface area contributed by atoms with E-state index in [2.05, 4.69) is 218 Å². The monoisotopic (exact) mass is 825 g/mol. The van der Waals surface area contributed by atoms with Gasteiger partial charge >= 0.3 is 0 Å². The van der Waals surface area contributed by atoms with Gasteiger partial charge in [0.25, 0.3) is 0 Å². The van der Waals surface area contributed by atoms with E-state index >= 15 is 0 Å². The van der Waals surface area contributed by atoms with Crippen molar-refractivity contribution in [2.24, 2.45) is 0 Å². The molecule has 10 aromatic carbocycles. The van der Waals surface area contributed by atoms with Crippen molar-refractivity contribution in [3.8, 4) is 89.8 Å². The molecule has 0 bridgehead atoms. The van der Waals surface area contributed by atoms with E-state index in [0.717, 1.165) is 38.9 Å². The molecule has 0 N–H and O–H groups in total. The van der Waals surface area contributed by atoms with Crippen molar-refractivity contribution < 1.29 is 0 Å². The fourth-order valence-corrected chi connectivity index (χ4v) is 10.7. The molecule has 0 saturated heterocycles.